The molecule has 0 spiro atoms. The number of hydrogen-bond donors (Lipinski definition) is 1. The van der Waals surface area contributed by atoms with Gasteiger partial charge in [0.1, 0.15) is 11.6 Å². The lowest BCUT2D eigenvalue weighted by molar-refractivity contribution is -0.131. The number of allylic oxidation sites excluding steroid dienone is 1. The maximum atomic E-state index is 13.4. The van der Waals surface area contributed by atoms with Crippen molar-refractivity contribution in [2.75, 3.05) is 7.11 Å². The molecule has 1 aromatic carbocycles. The third-order valence-corrected chi connectivity index (χ3v) is 3.18. The monoisotopic (exact) mass is 266 g/mol. The molecule has 0 atom stereocenters. The quantitative estimate of drug-likeness (QED) is 0.798. The van der Waals surface area contributed by atoms with Crippen LogP contribution in [0.3, 0.4) is 0 Å². The third-order valence-electron chi connectivity index (χ3n) is 3.18. The van der Waals surface area contributed by atoms with Crippen LogP contribution in [-0.2, 0) is 4.79 Å². The molecule has 0 saturated heterocycles. The Morgan fingerprint density at radius 3 is 2.53 bits per heavy atom. The second-order valence-corrected chi connectivity index (χ2v) is 4.30. The van der Waals surface area contributed by atoms with E-state index in [-0.39, 0.29) is 5.92 Å². The van der Waals surface area contributed by atoms with E-state index in [4.69, 9.17) is 9.84 Å². The summed E-state index contributed by atoms with van der Waals surface area (Å²) >= 11 is 0. The normalized spacial score (nSPS) is 11.7. The van der Waals surface area contributed by atoms with Crippen molar-refractivity contribution >= 4 is 11.5 Å². The molecule has 0 radical (unpaired) electrons. The van der Waals surface area contributed by atoms with Gasteiger partial charge in [-0.15, -0.1) is 0 Å². The van der Waals surface area contributed by atoms with Crippen molar-refractivity contribution in [2.24, 2.45) is 5.92 Å². The fourth-order valence-electron chi connectivity index (χ4n) is 2.18. The summed E-state index contributed by atoms with van der Waals surface area (Å²) in [5.74, 6) is -0.890. The fourth-order valence-corrected chi connectivity index (χ4v) is 2.18. The molecule has 0 unspecified atom stereocenters. The van der Waals surface area contributed by atoms with Crippen LogP contribution in [-0.4, -0.2) is 18.2 Å². The zero-order valence-electron chi connectivity index (χ0n) is 11.4. The molecule has 0 amide bonds. The number of carbonyl (C=O) groups is 1. The number of rotatable bonds is 6. The summed E-state index contributed by atoms with van der Waals surface area (Å²) < 4.78 is 18.6. The van der Waals surface area contributed by atoms with E-state index in [2.05, 4.69) is 0 Å². The van der Waals surface area contributed by atoms with Crippen molar-refractivity contribution in [1.82, 2.24) is 0 Å². The summed E-state index contributed by atoms with van der Waals surface area (Å²) in [5, 5.41) is 9.01. The van der Waals surface area contributed by atoms with E-state index < -0.39 is 11.8 Å². The van der Waals surface area contributed by atoms with Gasteiger partial charge in [0, 0.05) is 11.6 Å². The van der Waals surface area contributed by atoms with E-state index in [0.29, 0.717) is 16.9 Å². The van der Waals surface area contributed by atoms with Crippen LogP contribution >= 0.6 is 0 Å². The van der Waals surface area contributed by atoms with E-state index >= 15 is 0 Å². The van der Waals surface area contributed by atoms with Crippen molar-refractivity contribution in [3.8, 4) is 5.75 Å². The van der Waals surface area contributed by atoms with Gasteiger partial charge >= 0.3 is 5.97 Å². The molecule has 0 aliphatic heterocycles. The van der Waals surface area contributed by atoms with Gasteiger partial charge in [-0.3, -0.25) is 0 Å². The average molecular weight is 266 g/mol. The smallest absolute Gasteiger partial charge is 0.328 e. The molecule has 4 heteroatoms. The summed E-state index contributed by atoms with van der Waals surface area (Å²) in [4.78, 5) is 11.0. The second-order valence-electron chi connectivity index (χ2n) is 4.30. The van der Waals surface area contributed by atoms with Crippen molar-refractivity contribution in [2.45, 2.75) is 26.7 Å². The lowest BCUT2D eigenvalue weighted by Crippen LogP contribution is -2.06. The molecular formula is C15H19FO3. The molecule has 0 fully saturated rings. The van der Waals surface area contributed by atoms with Crippen LogP contribution in [0.25, 0.3) is 5.57 Å². The summed E-state index contributed by atoms with van der Waals surface area (Å²) in [6.45, 7) is 3.96. The van der Waals surface area contributed by atoms with Gasteiger partial charge in [-0.05, 0) is 42.5 Å². The number of carboxylic acid groups (broad SMARTS) is 1. The van der Waals surface area contributed by atoms with Gasteiger partial charge in [-0.2, -0.15) is 0 Å². The molecule has 1 N–H and O–H groups in total. The van der Waals surface area contributed by atoms with Gasteiger partial charge in [-0.25, -0.2) is 9.18 Å². The molecule has 0 aromatic heterocycles. The Labute approximate surface area is 112 Å². The molecule has 0 aliphatic carbocycles. The summed E-state index contributed by atoms with van der Waals surface area (Å²) in [6.07, 6.45) is 2.72. The molecule has 0 bridgehead atoms. The van der Waals surface area contributed by atoms with Gasteiger partial charge in [0.05, 0.1) is 7.11 Å². The lowest BCUT2D eigenvalue weighted by atomic mass is 9.87. The van der Waals surface area contributed by atoms with Gasteiger partial charge in [0.25, 0.3) is 0 Å². The predicted octanol–water partition coefficient (Wildman–Crippen LogP) is 3.74. The largest absolute Gasteiger partial charge is 0.496 e. The van der Waals surface area contributed by atoms with E-state index in [0.717, 1.165) is 18.9 Å². The highest BCUT2D eigenvalue weighted by atomic mass is 19.1. The van der Waals surface area contributed by atoms with Gasteiger partial charge in [0.15, 0.2) is 0 Å². The van der Waals surface area contributed by atoms with E-state index in [1.165, 1.54) is 25.3 Å². The maximum absolute atomic E-state index is 13.4. The Kier molecular flexibility index (Phi) is 5.55. The Balaban J connectivity index is 3.40. The van der Waals surface area contributed by atoms with E-state index in [9.17, 15) is 9.18 Å². The van der Waals surface area contributed by atoms with Crippen LogP contribution in [0.2, 0.25) is 0 Å². The first kappa shape index (κ1) is 15.2. The molecule has 1 aromatic rings. The maximum Gasteiger partial charge on any atom is 0.328 e. The standard InChI is InChI=1S/C15H19FO3/c1-4-10(5-2)12(9-15(17)18)13-8-11(16)6-7-14(13)19-3/h6-10H,4-5H2,1-3H3,(H,17,18)/b12-9+. The third kappa shape index (κ3) is 3.81. The first-order valence-corrected chi connectivity index (χ1v) is 6.31. The van der Waals surface area contributed by atoms with Gasteiger partial charge in [0.2, 0.25) is 0 Å². The predicted molar refractivity (Wildman–Crippen MR) is 72.6 cm³/mol. The van der Waals surface area contributed by atoms with Crippen molar-refractivity contribution in [3.63, 3.8) is 0 Å². The summed E-state index contributed by atoms with van der Waals surface area (Å²) in [7, 11) is 1.49. The van der Waals surface area contributed by atoms with Crippen LogP contribution in [0.4, 0.5) is 4.39 Å². The Morgan fingerprint density at radius 2 is 2.05 bits per heavy atom. The lowest BCUT2D eigenvalue weighted by Gasteiger charge is -2.19. The Bertz CT molecular complexity index is 476. The molecule has 0 saturated carbocycles. The first-order valence-electron chi connectivity index (χ1n) is 6.31. The number of ether oxygens (including phenoxy) is 1. The molecule has 3 nitrogen and oxygen atoms in total. The molecule has 104 valence electrons. The summed E-state index contributed by atoms with van der Waals surface area (Å²) in [6, 6.07) is 4.14. The van der Waals surface area contributed by atoms with Crippen LogP contribution in [0.1, 0.15) is 32.3 Å². The number of halogens is 1. The summed E-state index contributed by atoms with van der Waals surface area (Å²) in [5.41, 5.74) is 1.12. The van der Waals surface area contributed by atoms with E-state index in [1.807, 2.05) is 13.8 Å². The number of carboxylic acids is 1. The minimum Gasteiger partial charge on any atom is -0.496 e. The highest BCUT2D eigenvalue weighted by molar-refractivity contribution is 5.91. The molecule has 1 rings (SSSR count). The topological polar surface area (TPSA) is 46.5 Å². The zero-order chi connectivity index (χ0) is 14.4. The van der Waals surface area contributed by atoms with Crippen LogP contribution in [0, 0.1) is 11.7 Å². The average Bonchev–Trinajstić information content (AvgIpc) is 2.38. The number of methoxy groups -OCH3 is 1. The number of benzene rings is 1. The zero-order valence-corrected chi connectivity index (χ0v) is 11.4. The SMILES string of the molecule is CCC(CC)/C(=C\C(=O)O)c1cc(F)ccc1OC. The van der Waals surface area contributed by atoms with E-state index in [1.54, 1.807) is 0 Å². The Morgan fingerprint density at radius 1 is 1.42 bits per heavy atom. The molecule has 0 heterocycles. The van der Waals surface area contributed by atoms with Crippen LogP contribution in [0.5, 0.6) is 5.75 Å². The molecular weight excluding hydrogens is 247 g/mol. The van der Waals surface area contributed by atoms with Gasteiger partial charge in [-0.1, -0.05) is 13.8 Å². The highest BCUT2D eigenvalue weighted by Crippen LogP contribution is 2.34. The number of aliphatic carboxylic acids is 1. The number of hydrogen-bond acceptors (Lipinski definition) is 2. The van der Waals surface area contributed by atoms with Crippen molar-refractivity contribution in [3.05, 3.63) is 35.7 Å². The van der Waals surface area contributed by atoms with Crippen molar-refractivity contribution < 1.29 is 19.0 Å². The van der Waals surface area contributed by atoms with Crippen molar-refractivity contribution in [1.29, 1.82) is 0 Å². The Hall–Kier alpha value is -1.84. The molecule has 19 heavy (non-hydrogen) atoms. The second kappa shape index (κ2) is 6.92. The van der Waals surface area contributed by atoms with Gasteiger partial charge < -0.3 is 9.84 Å². The molecule has 0 aliphatic rings. The first-order chi connectivity index (χ1) is 9.03. The van der Waals surface area contributed by atoms with Crippen LogP contribution in [0.15, 0.2) is 24.3 Å². The highest BCUT2D eigenvalue weighted by Gasteiger charge is 2.18. The van der Waals surface area contributed by atoms with Crippen LogP contribution < -0.4 is 4.74 Å². The fraction of sp³-hybridized carbons (Fsp3) is 0.400. The minimum atomic E-state index is -1.03. The minimum absolute atomic E-state index is 0.0619.